The quantitative estimate of drug-likeness (QED) is 0.663. The first kappa shape index (κ1) is 15.7. The number of nitrogens with zero attached hydrogens (tertiary/aromatic N) is 2. The lowest BCUT2D eigenvalue weighted by atomic mass is 10.3. The van der Waals surface area contributed by atoms with Gasteiger partial charge in [-0.05, 0) is 20.8 Å². The van der Waals surface area contributed by atoms with Crippen LogP contribution in [0.15, 0.2) is 0 Å². The summed E-state index contributed by atoms with van der Waals surface area (Å²) in [7, 11) is 1.66. The predicted molar refractivity (Wildman–Crippen MR) is 76.9 cm³/mol. The molecular formula is C13H24N4O2. The molecule has 108 valence electrons. The second-order valence-corrected chi connectivity index (χ2v) is 4.16. The standard InChI is InChI=1S/C13H24N4O2/c1-5-14-12-10(2)13(17-11(3)16-12)15-6-7-19-9-8-18-4/h5-9H2,1-4H3,(H2,14,15,16,17). The van der Waals surface area contributed by atoms with Crippen LogP contribution in [0.4, 0.5) is 11.6 Å². The molecule has 0 aliphatic heterocycles. The molecule has 2 N–H and O–H groups in total. The maximum absolute atomic E-state index is 5.40. The molecule has 0 saturated carbocycles. The normalized spacial score (nSPS) is 10.5. The Bertz CT molecular complexity index is 385. The number of methoxy groups -OCH3 is 1. The maximum atomic E-state index is 5.40. The summed E-state index contributed by atoms with van der Waals surface area (Å²) in [5.41, 5.74) is 1.03. The highest BCUT2D eigenvalue weighted by molar-refractivity contribution is 5.57. The summed E-state index contributed by atoms with van der Waals surface area (Å²) >= 11 is 0. The molecule has 1 heterocycles. The van der Waals surface area contributed by atoms with Crippen LogP contribution in [0.25, 0.3) is 0 Å². The Hall–Kier alpha value is -1.40. The van der Waals surface area contributed by atoms with Crippen LogP contribution in [0.3, 0.4) is 0 Å². The smallest absolute Gasteiger partial charge is 0.134 e. The molecular weight excluding hydrogens is 244 g/mol. The van der Waals surface area contributed by atoms with Gasteiger partial charge in [-0.15, -0.1) is 0 Å². The molecule has 0 unspecified atom stereocenters. The molecule has 1 rings (SSSR count). The number of hydrogen-bond donors (Lipinski definition) is 2. The summed E-state index contributed by atoms with van der Waals surface area (Å²) in [5.74, 6) is 2.50. The summed E-state index contributed by atoms with van der Waals surface area (Å²) in [4.78, 5) is 8.79. The fraction of sp³-hybridized carbons (Fsp3) is 0.692. The first-order valence-corrected chi connectivity index (χ1v) is 6.58. The molecule has 0 aromatic carbocycles. The van der Waals surface area contributed by atoms with E-state index in [9.17, 15) is 0 Å². The van der Waals surface area contributed by atoms with Crippen LogP contribution in [0.2, 0.25) is 0 Å². The summed E-state index contributed by atoms with van der Waals surface area (Å²) in [5, 5.41) is 6.51. The Morgan fingerprint density at radius 2 is 1.68 bits per heavy atom. The third-order valence-electron chi connectivity index (χ3n) is 2.57. The molecule has 0 radical (unpaired) electrons. The second kappa shape index (κ2) is 8.66. The van der Waals surface area contributed by atoms with Gasteiger partial charge in [-0.25, -0.2) is 9.97 Å². The van der Waals surface area contributed by atoms with E-state index in [1.807, 2.05) is 20.8 Å². The molecule has 0 amide bonds. The van der Waals surface area contributed by atoms with Crippen LogP contribution in [0.5, 0.6) is 0 Å². The molecule has 1 aromatic rings. The van der Waals surface area contributed by atoms with Crippen LogP contribution < -0.4 is 10.6 Å². The molecule has 0 aliphatic rings. The van der Waals surface area contributed by atoms with Crippen LogP contribution >= 0.6 is 0 Å². The summed E-state index contributed by atoms with van der Waals surface area (Å²) in [6.45, 7) is 9.37. The molecule has 0 saturated heterocycles. The number of ether oxygens (including phenoxy) is 2. The SMILES string of the molecule is CCNc1nc(C)nc(NCCOCCOC)c1C. The Morgan fingerprint density at radius 3 is 2.32 bits per heavy atom. The third kappa shape index (κ3) is 5.40. The topological polar surface area (TPSA) is 68.3 Å². The Labute approximate surface area is 114 Å². The van der Waals surface area contributed by atoms with Gasteiger partial charge < -0.3 is 20.1 Å². The molecule has 6 heteroatoms. The second-order valence-electron chi connectivity index (χ2n) is 4.16. The van der Waals surface area contributed by atoms with Crippen molar-refractivity contribution in [3.8, 4) is 0 Å². The lowest BCUT2D eigenvalue weighted by molar-refractivity contribution is 0.0759. The van der Waals surface area contributed by atoms with Crippen LogP contribution in [-0.2, 0) is 9.47 Å². The van der Waals surface area contributed by atoms with Crippen molar-refractivity contribution in [2.75, 3.05) is 50.7 Å². The van der Waals surface area contributed by atoms with E-state index < -0.39 is 0 Å². The van der Waals surface area contributed by atoms with Crippen molar-refractivity contribution in [1.82, 2.24) is 9.97 Å². The molecule has 19 heavy (non-hydrogen) atoms. The van der Waals surface area contributed by atoms with Gasteiger partial charge in [-0.2, -0.15) is 0 Å². The zero-order valence-corrected chi connectivity index (χ0v) is 12.2. The number of aromatic nitrogens is 2. The van der Waals surface area contributed by atoms with E-state index in [0.717, 1.165) is 29.6 Å². The number of hydrogen-bond acceptors (Lipinski definition) is 6. The van der Waals surface area contributed by atoms with Gasteiger partial charge in [-0.1, -0.05) is 0 Å². The van der Waals surface area contributed by atoms with Gasteiger partial charge in [0.1, 0.15) is 17.5 Å². The zero-order chi connectivity index (χ0) is 14.1. The molecule has 0 atom stereocenters. The third-order valence-corrected chi connectivity index (χ3v) is 2.57. The molecule has 0 aliphatic carbocycles. The summed E-state index contributed by atoms with van der Waals surface area (Å²) in [6, 6.07) is 0. The average Bonchev–Trinajstić information content (AvgIpc) is 2.39. The van der Waals surface area contributed by atoms with Crippen LogP contribution in [0.1, 0.15) is 18.3 Å². The number of rotatable bonds is 9. The summed E-state index contributed by atoms with van der Waals surface area (Å²) < 4.78 is 10.3. The van der Waals surface area contributed by atoms with Crippen molar-refractivity contribution < 1.29 is 9.47 Å². The van der Waals surface area contributed by atoms with Gasteiger partial charge in [0.25, 0.3) is 0 Å². The van der Waals surface area contributed by atoms with Crippen molar-refractivity contribution in [2.24, 2.45) is 0 Å². The lowest BCUT2D eigenvalue weighted by Gasteiger charge is -2.13. The highest BCUT2D eigenvalue weighted by Gasteiger charge is 2.07. The first-order chi connectivity index (χ1) is 9.19. The van der Waals surface area contributed by atoms with Gasteiger partial charge in [0.05, 0.1) is 19.8 Å². The van der Waals surface area contributed by atoms with Gasteiger partial charge in [0.2, 0.25) is 0 Å². The minimum atomic E-state index is 0.614. The largest absolute Gasteiger partial charge is 0.382 e. The Balaban J connectivity index is 2.48. The highest BCUT2D eigenvalue weighted by Crippen LogP contribution is 2.19. The Kier molecular flexibility index (Phi) is 7.14. The number of nitrogens with one attached hydrogen (secondary N) is 2. The van der Waals surface area contributed by atoms with Gasteiger partial charge in [0.15, 0.2) is 0 Å². The van der Waals surface area contributed by atoms with Crippen molar-refractivity contribution >= 4 is 11.6 Å². The minimum Gasteiger partial charge on any atom is -0.382 e. The van der Waals surface area contributed by atoms with E-state index in [1.165, 1.54) is 0 Å². The minimum absolute atomic E-state index is 0.614. The van der Waals surface area contributed by atoms with E-state index in [2.05, 4.69) is 20.6 Å². The average molecular weight is 268 g/mol. The fourth-order valence-corrected chi connectivity index (χ4v) is 1.63. The monoisotopic (exact) mass is 268 g/mol. The Morgan fingerprint density at radius 1 is 1.00 bits per heavy atom. The number of aryl methyl sites for hydroxylation is 1. The molecule has 0 spiro atoms. The van der Waals surface area contributed by atoms with Crippen molar-refractivity contribution in [1.29, 1.82) is 0 Å². The number of anilines is 2. The van der Waals surface area contributed by atoms with E-state index in [1.54, 1.807) is 7.11 Å². The summed E-state index contributed by atoms with van der Waals surface area (Å²) in [6.07, 6.45) is 0. The molecule has 6 nitrogen and oxygen atoms in total. The van der Waals surface area contributed by atoms with E-state index >= 15 is 0 Å². The van der Waals surface area contributed by atoms with Crippen molar-refractivity contribution in [2.45, 2.75) is 20.8 Å². The highest BCUT2D eigenvalue weighted by atomic mass is 16.5. The first-order valence-electron chi connectivity index (χ1n) is 6.58. The van der Waals surface area contributed by atoms with E-state index in [0.29, 0.717) is 26.4 Å². The lowest BCUT2D eigenvalue weighted by Crippen LogP contribution is -2.15. The van der Waals surface area contributed by atoms with Gasteiger partial charge in [0, 0.05) is 25.8 Å². The predicted octanol–water partition coefficient (Wildman–Crippen LogP) is 1.60. The molecule has 0 bridgehead atoms. The van der Waals surface area contributed by atoms with Crippen molar-refractivity contribution in [3.05, 3.63) is 11.4 Å². The molecule has 1 aromatic heterocycles. The van der Waals surface area contributed by atoms with E-state index in [4.69, 9.17) is 9.47 Å². The molecule has 0 fully saturated rings. The zero-order valence-electron chi connectivity index (χ0n) is 12.2. The fourth-order valence-electron chi connectivity index (χ4n) is 1.63. The van der Waals surface area contributed by atoms with Gasteiger partial charge in [-0.3, -0.25) is 0 Å². The van der Waals surface area contributed by atoms with Crippen LogP contribution in [0, 0.1) is 13.8 Å². The van der Waals surface area contributed by atoms with E-state index in [-0.39, 0.29) is 0 Å². The van der Waals surface area contributed by atoms with Crippen LogP contribution in [-0.4, -0.2) is 50.0 Å². The van der Waals surface area contributed by atoms with Gasteiger partial charge >= 0.3 is 0 Å². The maximum Gasteiger partial charge on any atom is 0.134 e. The van der Waals surface area contributed by atoms with Crippen molar-refractivity contribution in [3.63, 3.8) is 0 Å².